The van der Waals surface area contributed by atoms with E-state index in [1.54, 1.807) is 6.20 Å². The Hall–Kier alpha value is -4.02. The summed E-state index contributed by atoms with van der Waals surface area (Å²) in [7, 11) is 0. The standard InChI is InChI=1S/C33H43N9O4/c1-21-28(38-31(43)46-32(2,3)4)33(20-45-21)11-15-40(16-12-33)25-19-36-27-29(37-25)42(26-9-5-6-17-44-26)39-30(27)41-14-7-8-22-23(18-34)35-13-10-24(22)41/h10,13,19,21,26,28H,5-9,11-12,14-17,20H2,1-4H3,(H,38,43)/t21-,26?,28+/m0/s1. The molecule has 3 fully saturated rings. The van der Waals surface area contributed by atoms with E-state index in [1.165, 1.54) is 0 Å². The third kappa shape index (κ3) is 5.62. The average molecular weight is 630 g/mol. The molecule has 13 nitrogen and oxygen atoms in total. The van der Waals surface area contributed by atoms with Gasteiger partial charge in [0.2, 0.25) is 0 Å². The van der Waals surface area contributed by atoms with Crippen molar-refractivity contribution in [3.63, 3.8) is 0 Å². The number of rotatable bonds is 4. The van der Waals surface area contributed by atoms with Crippen LogP contribution < -0.4 is 15.1 Å². The van der Waals surface area contributed by atoms with Gasteiger partial charge in [-0.2, -0.15) is 5.26 Å². The van der Waals surface area contributed by atoms with Crippen molar-refractivity contribution in [2.45, 2.75) is 96.6 Å². The van der Waals surface area contributed by atoms with Crippen LogP contribution in [0.15, 0.2) is 18.5 Å². The summed E-state index contributed by atoms with van der Waals surface area (Å²) in [5.41, 5.74) is 3.03. The minimum absolute atomic E-state index is 0.0987. The summed E-state index contributed by atoms with van der Waals surface area (Å²) < 4.78 is 19.8. The number of carbonyl (C=O) groups is 1. The first-order chi connectivity index (χ1) is 22.2. The Labute approximate surface area is 269 Å². The third-order valence-corrected chi connectivity index (χ3v) is 9.81. The molecule has 13 heteroatoms. The van der Waals surface area contributed by atoms with E-state index in [0.717, 1.165) is 87.5 Å². The van der Waals surface area contributed by atoms with Crippen LogP contribution in [0.4, 0.5) is 22.1 Å². The molecule has 3 aromatic rings. The Morgan fingerprint density at radius 3 is 2.72 bits per heavy atom. The molecule has 1 amide bonds. The van der Waals surface area contributed by atoms with E-state index in [1.807, 2.05) is 44.6 Å². The molecule has 3 aromatic heterocycles. The Bertz CT molecular complexity index is 1650. The van der Waals surface area contributed by atoms with E-state index < -0.39 is 11.7 Å². The number of amides is 1. The lowest BCUT2D eigenvalue weighted by Gasteiger charge is -2.42. The lowest BCUT2D eigenvalue weighted by Crippen LogP contribution is -2.55. The van der Waals surface area contributed by atoms with Gasteiger partial charge in [0.25, 0.3) is 0 Å². The quantitative estimate of drug-likeness (QED) is 0.426. The highest BCUT2D eigenvalue weighted by Crippen LogP contribution is 2.44. The van der Waals surface area contributed by atoms with E-state index >= 15 is 0 Å². The van der Waals surface area contributed by atoms with Crippen molar-refractivity contribution in [1.82, 2.24) is 30.0 Å². The summed E-state index contributed by atoms with van der Waals surface area (Å²) in [5, 5.41) is 17.9. The number of hydrogen-bond donors (Lipinski definition) is 1. The van der Waals surface area contributed by atoms with Crippen molar-refractivity contribution in [3.05, 3.63) is 29.7 Å². The van der Waals surface area contributed by atoms with Crippen molar-refractivity contribution in [1.29, 1.82) is 5.26 Å². The van der Waals surface area contributed by atoms with Crippen LogP contribution in [0.5, 0.6) is 0 Å². The van der Waals surface area contributed by atoms with Crippen LogP contribution in [0.3, 0.4) is 0 Å². The van der Waals surface area contributed by atoms with Gasteiger partial charge in [0.05, 0.1) is 30.6 Å². The first kappa shape index (κ1) is 30.6. The normalized spacial score (nSPS) is 24.5. The number of piperidine rings is 1. The Morgan fingerprint density at radius 2 is 1.98 bits per heavy atom. The number of carbonyl (C=O) groups excluding carboxylic acids is 1. The van der Waals surface area contributed by atoms with Gasteiger partial charge in [-0.15, -0.1) is 5.10 Å². The molecule has 7 rings (SSSR count). The molecule has 4 aliphatic rings. The first-order valence-electron chi connectivity index (χ1n) is 16.5. The molecule has 244 valence electrons. The maximum absolute atomic E-state index is 12.7. The van der Waals surface area contributed by atoms with E-state index in [9.17, 15) is 10.1 Å². The summed E-state index contributed by atoms with van der Waals surface area (Å²) in [6.45, 7) is 11.2. The molecule has 4 aliphatic heterocycles. The zero-order chi connectivity index (χ0) is 32.1. The molecule has 1 spiro atoms. The van der Waals surface area contributed by atoms with Crippen LogP contribution in [-0.2, 0) is 20.6 Å². The number of aromatic nitrogens is 5. The predicted molar refractivity (Wildman–Crippen MR) is 171 cm³/mol. The summed E-state index contributed by atoms with van der Waals surface area (Å²) in [5.74, 6) is 1.52. The number of hydrogen-bond acceptors (Lipinski definition) is 11. The molecule has 1 N–H and O–H groups in total. The molecule has 0 aliphatic carbocycles. The van der Waals surface area contributed by atoms with E-state index in [0.29, 0.717) is 30.1 Å². The largest absolute Gasteiger partial charge is 0.444 e. The van der Waals surface area contributed by atoms with Gasteiger partial charge in [-0.05, 0) is 78.7 Å². The van der Waals surface area contributed by atoms with E-state index in [4.69, 9.17) is 29.3 Å². The molecule has 3 atom stereocenters. The number of anilines is 3. The van der Waals surface area contributed by atoms with Gasteiger partial charge in [0.1, 0.15) is 23.2 Å². The molecule has 0 radical (unpaired) electrons. The van der Waals surface area contributed by atoms with Gasteiger partial charge in [0.15, 0.2) is 23.2 Å². The minimum atomic E-state index is -0.566. The average Bonchev–Trinajstić information content (AvgIpc) is 3.57. The Morgan fingerprint density at radius 1 is 1.15 bits per heavy atom. The molecule has 1 unspecified atom stereocenters. The fourth-order valence-electron chi connectivity index (χ4n) is 7.49. The number of nitrogens with zero attached hydrogens (tertiary/aromatic N) is 8. The van der Waals surface area contributed by atoms with Gasteiger partial charge in [-0.25, -0.2) is 24.4 Å². The topological polar surface area (TPSA) is 144 Å². The molecule has 0 bridgehead atoms. The summed E-state index contributed by atoms with van der Waals surface area (Å²) in [6.07, 6.45) is 9.14. The van der Waals surface area contributed by atoms with Crippen molar-refractivity contribution >= 4 is 34.6 Å². The zero-order valence-electron chi connectivity index (χ0n) is 27.2. The Balaban J connectivity index is 1.17. The number of alkyl carbamates (subject to hydrolysis) is 1. The van der Waals surface area contributed by atoms with Gasteiger partial charge < -0.3 is 29.3 Å². The first-order valence-corrected chi connectivity index (χ1v) is 16.5. The number of nitriles is 1. The molecular formula is C33H43N9O4. The fourth-order valence-corrected chi connectivity index (χ4v) is 7.49. The summed E-state index contributed by atoms with van der Waals surface area (Å²) >= 11 is 0. The highest BCUT2D eigenvalue weighted by atomic mass is 16.6. The Kier molecular flexibility index (Phi) is 7.97. The van der Waals surface area contributed by atoms with Crippen LogP contribution in [-0.4, -0.2) is 81.4 Å². The second-order valence-electron chi connectivity index (χ2n) is 14.0. The lowest BCUT2D eigenvalue weighted by atomic mass is 9.73. The summed E-state index contributed by atoms with van der Waals surface area (Å²) in [4.78, 5) is 31.6. The number of ether oxygens (including phenoxy) is 3. The molecular weight excluding hydrogens is 586 g/mol. The molecule has 3 saturated heterocycles. The van der Waals surface area contributed by atoms with Crippen molar-refractivity contribution in [3.8, 4) is 6.07 Å². The molecule has 0 saturated carbocycles. The fraction of sp³-hybridized carbons (Fsp3) is 0.636. The van der Waals surface area contributed by atoms with Gasteiger partial charge >= 0.3 is 6.09 Å². The number of pyridine rings is 1. The molecule has 0 aromatic carbocycles. The maximum atomic E-state index is 12.7. The molecule has 7 heterocycles. The van der Waals surface area contributed by atoms with Crippen molar-refractivity contribution in [2.24, 2.45) is 5.41 Å². The highest BCUT2D eigenvalue weighted by Gasteiger charge is 2.50. The van der Waals surface area contributed by atoms with Gasteiger partial charge in [-0.1, -0.05) is 0 Å². The van der Waals surface area contributed by atoms with Crippen molar-refractivity contribution in [2.75, 3.05) is 42.6 Å². The predicted octanol–water partition coefficient (Wildman–Crippen LogP) is 4.77. The molecule has 46 heavy (non-hydrogen) atoms. The van der Waals surface area contributed by atoms with Crippen LogP contribution in [0.25, 0.3) is 11.2 Å². The van der Waals surface area contributed by atoms with E-state index in [2.05, 4.69) is 26.2 Å². The monoisotopic (exact) mass is 629 g/mol. The van der Waals surface area contributed by atoms with Crippen LogP contribution in [0, 0.1) is 16.7 Å². The SMILES string of the molecule is C[C@@H]1OCC2(CCN(c3cnc4c(N5CCCc6c5ccnc6C#N)nn(C5CCCCO5)c4n3)CC2)[C@@H]1NC(=O)OC(C)(C)C. The zero-order valence-corrected chi connectivity index (χ0v) is 27.2. The van der Waals surface area contributed by atoms with Crippen molar-refractivity contribution < 1.29 is 19.0 Å². The van der Waals surface area contributed by atoms with Crippen LogP contribution in [0.1, 0.15) is 83.7 Å². The van der Waals surface area contributed by atoms with E-state index in [-0.39, 0.29) is 23.8 Å². The van der Waals surface area contributed by atoms with Gasteiger partial charge in [-0.3, -0.25) is 0 Å². The maximum Gasteiger partial charge on any atom is 0.407 e. The third-order valence-electron chi connectivity index (χ3n) is 9.81. The highest BCUT2D eigenvalue weighted by molar-refractivity contribution is 5.88. The lowest BCUT2D eigenvalue weighted by molar-refractivity contribution is -0.0368. The second kappa shape index (κ2) is 12.0. The summed E-state index contributed by atoms with van der Waals surface area (Å²) in [6, 6.07) is 4.08. The minimum Gasteiger partial charge on any atom is -0.444 e. The van der Waals surface area contributed by atoms with Gasteiger partial charge in [0, 0.05) is 43.4 Å². The number of fused-ring (bicyclic) bond motifs is 2. The second-order valence-corrected chi connectivity index (χ2v) is 14.0. The van der Waals surface area contributed by atoms with Crippen LogP contribution in [0.2, 0.25) is 0 Å². The number of nitrogens with one attached hydrogen (secondary N) is 1. The van der Waals surface area contributed by atoms with Crippen LogP contribution >= 0.6 is 0 Å². The smallest absolute Gasteiger partial charge is 0.407 e.